The van der Waals surface area contributed by atoms with Crippen LogP contribution in [0, 0.1) is 6.92 Å². The van der Waals surface area contributed by atoms with Crippen LogP contribution in [0.15, 0.2) is 18.2 Å². The van der Waals surface area contributed by atoms with Gasteiger partial charge in [-0.25, -0.2) is 4.79 Å². The van der Waals surface area contributed by atoms with E-state index in [-0.39, 0.29) is 13.2 Å². The van der Waals surface area contributed by atoms with Crippen molar-refractivity contribution in [2.24, 2.45) is 0 Å². The van der Waals surface area contributed by atoms with Crippen LogP contribution in [0.3, 0.4) is 0 Å². The highest BCUT2D eigenvalue weighted by atomic mass is 16.7. The number of alkyl carbamates (subject to hydrolysis) is 1. The van der Waals surface area contributed by atoms with Crippen molar-refractivity contribution in [2.45, 2.75) is 45.7 Å². The quantitative estimate of drug-likeness (QED) is 0.697. The molecule has 1 amide bonds. The molecule has 0 aliphatic heterocycles. The van der Waals surface area contributed by atoms with E-state index < -0.39 is 24.1 Å². The molecule has 142 valence electrons. The van der Waals surface area contributed by atoms with E-state index in [2.05, 4.69) is 5.32 Å². The van der Waals surface area contributed by atoms with E-state index in [4.69, 9.17) is 18.9 Å². The lowest BCUT2D eigenvalue weighted by Gasteiger charge is -2.22. The summed E-state index contributed by atoms with van der Waals surface area (Å²) in [4.78, 5) is 11.6. The normalized spacial score (nSPS) is 12.8. The second-order valence-corrected chi connectivity index (χ2v) is 6.64. The van der Waals surface area contributed by atoms with Crippen molar-refractivity contribution in [2.75, 3.05) is 27.4 Å². The average Bonchev–Trinajstić information content (AvgIpc) is 2.52. The lowest BCUT2D eigenvalue weighted by molar-refractivity contribution is -0.107. The molecule has 0 radical (unpaired) electrons. The Hall–Kier alpha value is -1.83. The minimum atomic E-state index is -0.885. The molecule has 0 heterocycles. The van der Waals surface area contributed by atoms with Crippen molar-refractivity contribution in [3.05, 3.63) is 29.3 Å². The third kappa shape index (κ3) is 7.29. The molecule has 2 N–H and O–H groups in total. The first-order chi connectivity index (χ1) is 11.7. The third-order valence-corrected chi connectivity index (χ3v) is 3.26. The SMILES string of the molecule is COC(OC)c1c(C)cccc1OCC(O)CNC(=O)OC(C)(C)C. The molecule has 1 aromatic rings. The van der Waals surface area contributed by atoms with Crippen molar-refractivity contribution in [3.63, 3.8) is 0 Å². The van der Waals surface area contributed by atoms with Crippen LogP contribution in [-0.2, 0) is 14.2 Å². The maximum absolute atomic E-state index is 11.6. The van der Waals surface area contributed by atoms with Gasteiger partial charge in [-0.15, -0.1) is 0 Å². The molecule has 1 rings (SSSR count). The largest absolute Gasteiger partial charge is 0.490 e. The summed E-state index contributed by atoms with van der Waals surface area (Å²) >= 11 is 0. The van der Waals surface area contributed by atoms with Crippen LogP contribution in [-0.4, -0.2) is 50.3 Å². The number of ether oxygens (including phenoxy) is 4. The van der Waals surface area contributed by atoms with Crippen LogP contribution in [0.2, 0.25) is 0 Å². The van der Waals surface area contributed by atoms with Crippen LogP contribution < -0.4 is 10.1 Å². The molecule has 1 atom stereocenters. The van der Waals surface area contributed by atoms with Gasteiger partial charge in [0.15, 0.2) is 6.29 Å². The van der Waals surface area contributed by atoms with Gasteiger partial charge in [-0.3, -0.25) is 0 Å². The van der Waals surface area contributed by atoms with Gasteiger partial charge in [0.25, 0.3) is 0 Å². The second kappa shape index (κ2) is 9.60. The van der Waals surface area contributed by atoms with E-state index >= 15 is 0 Å². The summed E-state index contributed by atoms with van der Waals surface area (Å²) in [5.74, 6) is 0.560. The number of hydrogen-bond acceptors (Lipinski definition) is 6. The molecule has 7 nitrogen and oxygen atoms in total. The predicted molar refractivity (Wildman–Crippen MR) is 93.7 cm³/mol. The topological polar surface area (TPSA) is 86.3 Å². The standard InChI is InChI=1S/C18H29NO6/c1-12-8-7-9-14(15(12)16(22-5)23-6)24-11-13(20)10-19-17(21)25-18(2,3)4/h7-9,13,16,20H,10-11H2,1-6H3,(H,19,21). The summed E-state index contributed by atoms with van der Waals surface area (Å²) in [7, 11) is 3.09. The van der Waals surface area contributed by atoms with Gasteiger partial charge >= 0.3 is 6.09 Å². The van der Waals surface area contributed by atoms with Gasteiger partial charge in [-0.05, 0) is 39.3 Å². The third-order valence-electron chi connectivity index (χ3n) is 3.26. The first kappa shape index (κ1) is 21.2. The highest BCUT2D eigenvalue weighted by Gasteiger charge is 2.20. The summed E-state index contributed by atoms with van der Waals surface area (Å²) in [6, 6.07) is 5.55. The van der Waals surface area contributed by atoms with E-state index in [1.807, 2.05) is 19.1 Å². The Morgan fingerprint density at radius 1 is 1.24 bits per heavy atom. The Bertz CT molecular complexity index is 551. The minimum absolute atomic E-state index is 0.00635. The smallest absolute Gasteiger partial charge is 0.407 e. The van der Waals surface area contributed by atoms with Crippen molar-refractivity contribution < 1.29 is 28.8 Å². The second-order valence-electron chi connectivity index (χ2n) is 6.64. The van der Waals surface area contributed by atoms with Crippen molar-refractivity contribution in [3.8, 4) is 5.75 Å². The van der Waals surface area contributed by atoms with Crippen LogP contribution in [0.25, 0.3) is 0 Å². The number of aliphatic hydroxyl groups excluding tert-OH is 1. The molecule has 0 spiro atoms. The van der Waals surface area contributed by atoms with Gasteiger partial charge in [0.1, 0.15) is 24.1 Å². The number of methoxy groups -OCH3 is 2. The molecule has 0 aromatic heterocycles. The number of aryl methyl sites for hydroxylation is 1. The average molecular weight is 355 g/mol. The zero-order chi connectivity index (χ0) is 19.0. The summed E-state index contributed by atoms with van der Waals surface area (Å²) < 4.78 is 21.4. The van der Waals surface area contributed by atoms with E-state index in [1.165, 1.54) is 0 Å². The lowest BCUT2D eigenvalue weighted by atomic mass is 10.1. The number of hydrogen-bond donors (Lipinski definition) is 2. The number of carbonyl (C=O) groups excluding carboxylic acids is 1. The first-order valence-corrected chi connectivity index (χ1v) is 8.10. The summed E-state index contributed by atoms with van der Waals surface area (Å²) in [6.07, 6.45) is -2.03. The molecule has 25 heavy (non-hydrogen) atoms. The zero-order valence-electron chi connectivity index (χ0n) is 15.8. The molecule has 0 aliphatic rings. The minimum Gasteiger partial charge on any atom is -0.490 e. The molecule has 0 aliphatic carbocycles. The van der Waals surface area contributed by atoms with E-state index in [9.17, 15) is 9.90 Å². The van der Waals surface area contributed by atoms with E-state index in [0.717, 1.165) is 11.1 Å². The molecule has 0 fully saturated rings. The van der Waals surface area contributed by atoms with Crippen LogP contribution >= 0.6 is 0 Å². The van der Waals surface area contributed by atoms with E-state index in [0.29, 0.717) is 5.75 Å². The van der Waals surface area contributed by atoms with Crippen molar-refractivity contribution in [1.29, 1.82) is 0 Å². The Morgan fingerprint density at radius 3 is 2.44 bits per heavy atom. The molecule has 0 saturated heterocycles. The number of amides is 1. The molecular weight excluding hydrogens is 326 g/mol. The summed E-state index contributed by atoms with van der Waals surface area (Å²) in [5, 5.41) is 12.5. The summed E-state index contributed by atoms with van der Waals surface area (Å²) in [5.41, 5.74) is 1.13. The highest BCUT2D eigenvalue weighted by molar-refractivity contribution is 5.67. The van der Waals surface area contributed by atoms with Gasteiger partial charge in [-0.2, -0.15) is 0 Å². The number of nitrogens with one attached hydrogen (secondary N) is 1. The molecule has 0 saturated carbocycles. The van der Waals surface area contributed by atoms with Crippen LogP contribution in [0.1, 0.15) is 38.2 Å². The number of carbonyl (C=O) groups is 1. The Labute approximate surface area is 149 Å². The Kier molecular flexibility index (Phi) is 8.15. The van der Waals surface area contributed by atoms with E-state index in [1.54, 1.807) is 41.1 Å². The number of benzene rings is 1. The highest BCUT2D eigenvalue weighted by Crippen LogP contribution is 2.31. The van der Waals surface area contributed by atoms with Crippen molar-refractivity contribution >= 4 is 6.09 Å². The monoisotopic (exact) mass is 355 g/mol. The molecule has 7 heteroatoms. The fraction of sp³-hybridized carbons (Fsp3) is 0.611. The fourth-order valence-electron chi connectivity index (χ4n) is 2.17. The summed E-state index contributed by atoms with van der Waals surface area (Å²) in [6.45, 7) is 7.27. The Balaban J connectivity index is 2.60. The van der Waals surface area contributed by atoms with Crippen LogP contribution in [0.4, 0.5) is 4.79 Å². The number of rotatable bonds is 8. The molecule has 1 unspecified atom stereocenters. The molecule has 0 bridgehead atoms. The van der Waals surface area contributed by atoms with Crippen LogP contribution in [0.5, 0.6) is 5.75 Å². The molecular formula is C18H29NO6. The van der Waals surface area contributed by atoms with Gasteiger partial charge in [-0.1, -0.05) is 12.1 Å². The fourth-order valence-corrected chi connectivity index (χ4v) is 2.17. The maximum atomic E-state index is 11.6. The first-order valence-electron chi connectivity index (χ1n) is 8.10. The van der Waals surface area contributed by atoms with Gasteiger partial charge < -0.3 is 29.4 Å². The zero-order valence-corrected chi connectivity index (χ0v) is 15.8. The van der Waals surface area contributed by atoms with Gasteiger partial charge in [0.05, 0.1) is 12.1 Å². The van der Waals surface area contributed by atoms with Gasteiger partial charge in [0, 0.05) is 14.2 Å². The number of aliphatic hydroxyl groups is 1. The molecule has 1 aromatic carbocycles. The Morgan fingerprint density at radius 2 is 1.88 bits per heavy atom. The predicted octanol–water partition coefficient (Wildman–Crippen LogP) is 2.55. The van der Waals surface area contributed by atoms with Gasteiger partial charge in [0.2, 0.25) is 0 Å². The van der Waals surface area contributed by atoms with Crippen molar-refractivity contribution in [1.82, 2.24) is 5.32 Å². The lowest BCUT2D eigenvalue weighted by Crippen LogP contribution is -2.38. The maximum Gasteiger partial charge on any atom is 0.407 e.